The summed E-state index contributed by atoms with van der Waals surface area (Å²) in [6.07, 6.45) is 0. The molecule has 0 amide bonds. The van der Waals surface area contributed by atoms with E-state index < -0.39 is 5.46 Å². The van der Waals surface area contributed by atoms with E-state index in [9.17, 15) is 4.57 Å². The third-order valence-corrected chi connectivity index (χ3v) is 2.09. The molecule has 0 heterocycles. The second kappa shape index (κ2) is 2.25. The van der Waals surface area contributed by atoms with E-state index in [1.165, 1.54) is 26.4 Å². The van der Waals surface area contributed by atoms with E-state index in [0.29, 0.717) is 0 Å². The normalized spacial score (nSPS) is 19.7. The van der Waals surface area contributed by atoms with Gasteiger partial charge in [0.2, 0.25) is 0 Å². The molecule has 4 heteroatoms. The van der Waals surface area contributed by atoms with Crippen LogP contribution >= 0.6 is 5.46 Å². The van der Waals surface area contributed by atoms with Gasteiger partial charge in [-0.2, -0.15) is 0 Å². The van der Waals surface area contributed by atoms with E-state index in [4.69, 9.17) is 0 Å². The molecule has 6 heavy (non-hydrogen) atoms. The Labute approximate surface area is 48.1 Å². The molecule has 0 fully saturated rings. The first-order chi connectivity index (χ1) is 2.56. The van der Waals surface area contributed by atoms with Crippen molar-refractivity contribution in [1.29, 1.82) is 0 Å². The summed E-state index contributed by atoms with van der Waals surface area (Å²) < 4.78 is 14.9. The van der Waals surface area contributed by atoms with Crippen LogP contribution in [-0.4, -0.2) is 13.8 Å². The SMILES string of the molecule is CO[P](C)(=O)[Mo]. The van der Waals surface area contributed by atoms with Crippen LogP contribution in [0, 0.1) is 0 Å². The molecule has 0 aromatic heterocycles. The number of rotatable bonds is 1. The Balaban J connectivity index is 3.48. The van der Waals surface area contributed by atoms with Crippen molar-refractivity contribution in [3.05, 3.63) is 0 Å². The molecule has 1 atom stereocenters. The molecular formula is C2H6MoO2P. The van der Waals surface area contributed by atoms with Crippen molar-refractivity contribution < 1.29 is 28.4 Å². The second-order valence-corrected chi connectivity index (χ2v) is 7.75. The van der Waals surface area contributed by atoms with Gasteiger partial charge in [0.25, 0.3) is 0 Å². The first kappa shape index (κ1) is 6.88. The Hall–Kier alpha value is 0.878. The summed E-state index contributed by atoms with van der Waals surface area (Å²) in [6.45, 7) is 1.58. The average molecular weight is 189 g/mol. The van der Waals surface area contributed by atoms with Crippen LogP contribution in [0.2, 0.25) is 0 Å². The topological polar surface area (TPSA) is 26.3 Å². The van der Waals surface area contributed by atoms with Gasteiger partial charge in [-0.25, -0.2) is 0 Å². The van der Waals surface area contributed by atoms with Gasteiger partial charge in [0, 0.05) is 0 Å². The van der Waals surface area contributed by atoms with Gasteiger partial charge in [-0.05, 0) is 0 Å². The zero-order valence-corrected chi connectivity index (χ0v) is 6.57. The molecule has 0 radical (unpaired) electrons. The average Bonchev–Trinajstić information content (AvgIpc) is 1.35. The van der Waals surface area contributed by atoms with Crippen molar-refractivity contribution in [2.24, 2.45) is 0 Å². The summed E-state index contributed by atoms with van der Waals surface area (Å²) >= 11 is 1.51. The van der Waals surface area contributed by atoms with Crippen LogP contribution in [0.15, 0.2) is 0 Å². The molecule has 0 aromatic rings. The van der Waals surface area contributed by atoms with Crippen LogP contribution in [0.4, 0.5) is 0 Å². The molecule has 2 nitrogen and oxygen atoms in total. The Morgan fingerprint density at radius 3 is 2.00 bits per heavy atom. The molecule has 0 aliphatic rings. The molecule has 0 aromatic carbocycles. The Morgan fingerprint density at radius 1 is 1.83 bits per heavy atom. The first-order valence-electron chi connectivity index (χ1n) is 1.40. The fourth-order valence-corrected chi connectivity index (χ4v) is 0. The summed E-state index contributed by atoms with van der Waals surface area (Å²) in [6, 6.07) is 0. The van der Waals surface area contributed by atoms with Crippen molar-refractivity contribution in [2.45, 2.75) is 0 Å². The van der Waals surface area contributed by atoms with Crippen LogP contribution in [0.1, 0.15) is 0 Å². The zero-order chi connectivity index (χ0) is 5.21. The zero-order valence-electron chi connectivity index (χ0n) is 3.67. The van der Waals surface area contributed by atoms with E-state index >= 15 is 0 Å². The van der Waals surface area contributed by atoms with E-state index in [1.54, 1.807) is 6.66 Å². The fraction of sp³-hybridized carbons (Fsp3) is 1.00. The molecule has 1 unspecified atom stereocenters. The number of hydrogen-bond acceptors (Lipinski definition) is 2. The van der Waals surface area contributed by atoms with Crippen LogP contribution in [0.5, 0.6) is 0 Å². The third kappa shape index (κ3) is 4.88. The molecule has 0 aliphatic heterocycles. The van der Waals surface area contributed by atoms with Crippen LogP contribution in [-0.2, 0) is 28.4 Å². The van der Waals surface area contributed by atoms with Gasteiger partial charge < -0.3 is 0 Å². The van der Waals surface area contributed by atoms with Crippen LogP contribution in [0.25, 0.3) is 0 Å². The van der Waals surface area contributed by atoms with E-state index in [0.717, 1.165) is 0 Å². The molecule has 0 rings (SSSR count). The molecule has 0 aliphatic carbocycles. The van der Waals surface area contributed by atoms with Gasteiger partial charge in [0.1, 0.15) is 0 Å². The molecule has 0 spiro atoms. The van der Waals surface area contributed by atoms with Crippen molar-refractivity contribution in [1.82, 2.24) is 0 Å². The van der Waals surface area contributed by atoms with Gasteiger partial charge >= 0.3 is 47.6 Å². The van der Waals surface area contributed by atoms with Crippen molar-refractivity contribution in [3.63, 3.8) is 0 Å². The van der Waals surface area contributed by atoms with Crippen LogP contribution in [0.3, 0.4) is 0 Å². The predicted octanol–water partition coefficient (Wildman–Crippen LogP) is 1.00. The Morgan fingerprint density at radius 2 is 2.00 bits per heavy atom. The van der Waals surface area contributed by atoms with Gasteiger partial charge in [-0.15, -0.1) is 0 Å². The molecule has 0 bridgehead atoms. The van der Waals surface area contributed by atoms with E-state index in [2.05, 4.69) is 4.52 Å². The van der Waals surface area contributed by atoms with Crippen molar-refractivity contribution >= 4 is 5.46 Å². The van der Waals surface area contributed by atoms with Gasteiger partial charge in [0.15, 0.2) is 0 Å². The fourth-order valence-electron chi connectivity index (χ4n) is 0. The number of hydrogen-bond donors (Lipinski definition) is 0. The van der Waals surface area contributed by atoms with Crippen molar-refractivity contribution in [3.8, 4) is 0 Å². The summed E-state index contributed by atoms with van der Waals surface area (Å²) in [7, 11) is 1.45. The monoisotopic (exact) mass is 191 g/mol. The second-order valence-electron chi connectivity index (χ2n) is 0.954. The maximum atomic E-state index is 10.4. The maximum absolute atomic E-state index is 10.4. The summed E-state index contributed by atoms with van der Waals surface area (Å²) in [5.41, 5.74) is -2.14. The summed E-state index contributed by atoms with van der Waals surface area (Å²) in [5.74, 6) is 0. The predicted molar refractivity (Wildman–Crippen MR) is 20.5 cm³/mol. The van der Waals surface area contributed by atoms with E-state index in [1.807, 2.05) is 0 Å². The van der Waals surface area contributed by atoms with Gasteiger partial charge in [-0.3, -0.25) is 0 Å². The van der Waals surface area contributed by atoms with Gasteiger partial charge in [-0.1, -0.05) is 0 Å². The van der Waals surface area contributed by atoms with E-state index in [-0.39, 0.29) is 0 Å². The minimum atomic E-state index is -2.14. The summed E-state index contributed by atoms with van der Waals surface area (Å²) in [5, 5.41) is 0. The molecule has 0 saturated carbocycles. The minimum absolute atomic E-state index is 1.45. The van der Waals surface area contributed by atoms with Crippen molar-refractivity contribution in [2.75, 3.05) is 13.8 Å². The molecule has 0 saturated heterocycles. The third-order valence-electron chi connectivity index (χ3n) is 0.332. The van der Waals surface area contributed by atoms with Crippen LogP contribution < -0.4 is 0 Å². The standard InChI is InChI=1S/C2H6O2P.Mo/c1-4-5(2)3;/h1-2H3;/q+1;-1. The Bertz CT molecular complexity index is 75.6. The molecule has 0 N–H and O–H groups in total. The Kier molecular flexibility index (Phi) is 2.58. The molecule has 37 valence electrons. The first-order valence-corrected chi connectivity index (χ1v) is 6.09. The summed E-state index contributed by atoms with van der Waals surface area (Å²) in [4.78, 5) is 0. The quantitative estimate of drug-likeness (QED) is 0.454. The molecular weight excluding hydrogens is 183 g/mol. The van der Waals surface area contributed by atoms with Gasteiger partial charge in [0.05, 0.1) is 0 Å².